The molecule has 1 aromatic rings. The van der Waals surface area contributed by atoms with Gasteiger partial charge in [0.1, 0.15) is 17.4 Å². The van der Waals surface area contributed by atoms with Crippen molar-refractivity contribution in [1.82, 2.24) is 9.55 Å². The molecule has 0 radical (unpaired) electrons. The number of rotatable bonds is 22. The first-order valence-corrected chi connectivity index (χ1v) is 20.0. The molecule has 2 rings (SSSR count). The zero-order valence-corrected chi connectivity index (χ0v) is 33.9. The predicted molar refractivity (Wildman–Crippen MR) is 195 cm³/mol. The van der Waals surface area contributed by atoms with E-state index in [1.54, 1.807) is 41.5 Å². The van der Waals surface area contributed by atoms with Crippen LogP contribution in [0, 0.1) is 22.7 Å². The van der Waals surface area contributed by atoms with Crippen LogP contribution in [-0.4, -0.2) is 78.2 Å². The first-order valence-electron chi connectivity index (χ1n) is 17.8. The molecule has 1 fully saturated rings. The summed E-state index contributed by atoms with van der Waals surface area (Å²) in [6.07, 6.45) is 1.28. The summed E-state index contributed by atoms with van der Waals surface area (Å²) in [7, 11) is -3.60. The van der Waals surface area contributed by atoms with Crippen molar-refractivity contribution in [1.29, 1.82) is 10.5 Å². The van der Waals surface area contributed by atoms with Crippen molar-refractivity contribution in [2.75, 3.05) is 37.9 Å². The summed E-state index contributed by atoms with van der Waals surface area (Å²) in [4.78, 5) is 44.4. The van der Waals surface area contributed by atoms with Crippen LogP contribution in [0.15, 0.2) is 17.1 Å². The maximum atomic E-state index is 13.5. The average molecular weight is 788 g/mol. The SMILES string of the molecule is CCCCOP(OCCC#N)OCC[C@H]1O[C@@H](n2ccc(N(C(=O)OC(C)(C)C)C(=O)OC(C)(C)C)nc2=O)C[C@@H]1OP(OCCC#N)OCCCC. The van der Waals surface area contributed by atoms with E-state index in [2.05, 4.69) is 4.98 Å². The van der Waals surface area contributed by atoms with Gasteiger partial charge in [-0.1, -0.05) is 26.7 Å². The van der Waals surface area contributed by atoms with Crippen molar-refractivity contribution in [2.45, 2.75) is 136 Å². The molecule has 298 valence electrons. The molecule has 1 aliphatic heterocycles. The molecule has 5 atom stereocenters. The van der Waals surface area contributed by atoms with Crippen LogP contribution >= 0.6 is 17.2 Å². The minimum absolute atomic E-state index is 0.106. The Hall–Kier alpha value is -2.82. The van der Waals surface area contributed by atoms with Crippen LogP contribution < -0.4 is 10.6 Å². The highest BCUT2D eigenvalue weighted by Gasteiger charge is 2.41. The van der Waals surface area contributed by atoms with E-state index in [-0.39, 0.29) is 44.9 Å². The summed E-state index contributed by atoms with van der Waals surface area (Å²) in [5.41, 5.74) is -2.73. The van der Waals surface area contributed by atoms with E-state index in [0.717, 1.165) is 25.7 Å². The summed E-state index contributed by atoms with van der Waals surface area (Å²) in [6, 6.07) is 5.38. The number of anilines is 1. The highest BCUT2D eigenvalue weighted by atomic mass is 31.2. The summed E-state index contributed by atoms with van der Waals surface area (Å²) in [5, 5.41) is 18.0. The van der Waals surface area contributed by atoms with Gasteiger partial charge >= 0.3 is 35.1 Å². The molecule has 2 heterocycles. The molecule has 0 bridgehead atoms. The Morgan fingerprint density at radius 3 is 1.89 bits per heavy atom. The zero-order valence-electron chi connectivity index (χ0n) is 32.1. The van der Waals surface area contributed by atoms with Crippen molar-refractivity contribution in [2.24, 2.45) is 0 Å². The summed E-state index contributed by atoms with van der Waals surface area (Å²) < 4.78 is 53.8. The van der Waals surface area contributed by atoms with Crippen LogP contribution in [0.1, 0.15) is 113 Å². The van der Waals surface area contributed by atoms with Gasteiger partial charge in [0.25, 0.3) is 0 Å². The van der Waals surface area contributed by atoms with Crippen molar-refractivity contribution < 1.29 is 50.9 Å². The number of carbonyl (C=O) groups excluding carboxylic acids is 2. The van der Waals surface area contributed by atoms with E-state index in [9.17, 15) is 14.4 Å². The number of aromatic nitrogens is 2. The number of imide groups is 1. The number of carbonyl (C=O) groups is 2. The van der Waals surface area contributed by atoms with Crippen LogP contribution in [-0.2, 0) is 41.4 Å². The van der Waals surface area contributed by atoms with Gasteiger partial charge in [-0.25, -0.2) is 14.4 Å². The Bertz CT molecular complexity index is 1380. The molecule has 1 aromatic heterocycles. The third-order valence-electron chi connectivity index (χ3n) is 6.72. The van der Waals surface area contributed by atoms with Gasteiger partial charge < -0.3 is 41.4 Å². The third-order valence-corrected chi connectivity index (χ3v) is 9.13. The van der Waals surface area contributed by atoms with Crippen molar-refractivity contribution in [3.8, 4) is 12.1 Å². The fourth-order valence-electron chi connectivity index (χ4n) is 4.33. The molecule has 2 amide bonds. The lowest BCUT2D eigenvalue weighted by Crippen LogP contribution is -2.45. The Morgan fingerprint density at radius 2 is 1.38 bits per heavy atom. The summed E-state index contributed by atoms with van der Waals surface area (Å²) in [6.45, 7) is 15.1. The Morgan fingerprint density at radius 1 is 0.868 bits per heavy atom. The lowest BCUT2D eigenvalue weighted by Gasteiger charge is -2.28. The third kappa shape index (κ3) is 17.9. The van der Waals surface area contributed by atoms with Gasteiger partial charge in [0.05, 0.1) is 70.2 Å². The maximum Gasteiger partial charge on any atom is 0.425 e. The standard InChI is InChI=1S/C34H55N5O12P2/c1-9-11-20-43-52(44-22-13-17-35)47-24-16-26-27(51-53(45-21-12-10-2)46-23-14-18-36)25-29(48-26)38-19-15-28(37-30(38)40)39(31(41)49-33(3,4)5)32(42)50-34(6,7)8/h15,19,26-27,29H,9-14,16,20-25H2,1-8H3/t26-,27+,29-,52?,53?/m1/s1. The second kappa shape index (κ2) is 23.9. The molecule has 2 unspecified atom stereocenters. The average Bonchev–Trinajstić information content (AvgIpc) is 3.45. The van der Waals surface area contributed by atoms with Gasteiger partial charge in [0.15, 0.2) is 5.82 Å². The fourth-order valence-corrected chi connectivity index (χ4v) is 6.48. The van der Waals surface area contributed by atoms with Crippen molar-refractivity contribution >= 4 is 35.2 Å². The first kappa shape index (κ1) is 46.3. The van der Waals surface area contributed by atoms with E-state index >= 15 is 0 Å². The molecule has 1 aliphatic rings. The summed E-state index contributed by atoms with van der Waals surface area (Å²) >= 11 is 0. The number of hydrogen-bond donors (Lipinski definition) is 0. The number of amides is 2. The number of unbranched alkanes of at least 4 members (excludes halogenated alkanes) is 2. The van der Waals surface area contributed by atoms with Crippen LogP contribution in [0.3, 0.4) is 0 Å². The predicted octanol–water partition coefficient (Wildman–Crippen LogP) is 7.95. The first-order chi connectivity index (χ1) is 25.1. The molecule has 0 spiro atoms. The van der Waals surface area contributed by atoms with Gasteiger partial charge in [-0.15, -0.1) is 0 Å². The smallest absolute Gasteiger partial charge is 0.425 e. The fraction of sp³-hybridized carbons (Fsp3) is 0.765. The number of nitrogens with zero attached hydrogens (tertiary/aromatic N) is 5. The van der Waals surface area contributed by atoms with Gasteiger partial charge in [0.2, 0.25) is 0 Å². The molecule has 53 heavy (non-hydrogen) atoms. The van der Waals surface area contributed by atoms with E-state index in [1.807, 2.05) is 26.0 Å². The van der Waals surface area contributed by atoms with Crippen molar-refractivity contribution in [3.63, 3.8) is 0 Å². The van der Waals surface area contributed by atoms with E-state index in [1.165, 1.54) is 16.8 Å². The minimum Gasteiger partial charge on any atom is -0.443 e. The van der Waals surface area contributed by atoms with E-state index in [4.69, 9.17) is 51.9 Å². The largest absolute Gasteiger partial charge is 0.443 e. The van der Waals surface area contributed by atoms with Crippen LogP contribution in [0.2, 0.25) is 0 Å². The second-order valence-electron chi connectivity index (χ2n) is 13.7. The highest BCUT2D eigenvalue weighted by molar-refractivity contribution is 7.41. The van der Waals surface area contributed by atoms with Crippen molar-refractivity contribution in [3.05, 3.63) is 22.7 Å². The number of ether oxygens (including phenoxy) is 3. The Labute approximate surface area is 315 Å². The van der Waals surface area contributed by atoms with Crippen LogP contribution in [0.25, 0.3) is 0 Å². The molecule has 0 aromatic carbocycles. The topological polar surface area (TPSA) is 203 Å². The molecule has 0 N–H and O–H groups in total. The van der Waals surface area contributed by atoms with Gasteiger partial charge in [-0.3, -0.25) is 4.57 Å². The lowest BCUT2D eigenvalue weighted by atomic mass is 10.1. The van der Waals surface area contributed by atoms with Crippen LogP contribution in [0.4, 0.5) is 15.4 Å². The normalized spacial score (nSPS) is 18.5. The second-order valence-corrected chi connectivity index (χ2v) is 16.1. The Balaban J connectivity index is 2.37. The monoisotopic (exact) mass is 787 g/mol. The van der Waals surface area contributed by atoms with Gasteiger partial charge in [-0.2, -0.15) is 20.4 Å². The summed E-state index contributed by atoms with van der Waals surface area (Å²) in [5.74, 6) is -0.294. The quantitative estimate of drug-likeness (QED) is 0.0808. The number of nitriles is 2. The molecule has 17 nitrogen and oxygen atoms in total. The van der Waals surface area contributed by atoms with E-state index < -0.39 is 64.7 Å². The Kier molecular flexibility index (Phi) is 20.9. The molecular weight excluding hydrogens is 732 g/mol. The molecule has 0 saturated carbocycles. The molecule has 19 heteroatoms. The number of hydrogen-bond acceptors (Lipinski definition) is 15. The molecule has 1 saturated heterocycles. The zero-order chi connectivity index (χ0) is 39.4. The van der Waals surface area contributed by atoms with E-state index in [0.29, 0.717) is 24.5 Å². The maximum absolute atomic E-state index is 13.5. The molecular formula is C34H55N5O12P2. The van der Waals surface area contributed by atoms with Gasteiger partial charge in [-0.05, 0) is 60.5 Å². The highest BCUT2D eigenvalue weighted by Crippen LogP contribution is 2.47. The molecule has 0 aliphatic carbocycles. The lowest BCUT2D eigenvalue weighted by molar-refractivity contribution is -0.0295. The van der Waals surface area contributed by atoms with Gasteiger partial charge in [0, 0.05) is 19.0 Å². The minimum atomic E-state index is -1.88. The van der Waals surface area contributed by atoms with Crippen LogP contribution in [0.5, 0.6) is 0 Å².